The van der Waals surface area contributed by atoms with Gasteiger partial charge in [0, 0.05) is 15.4 Å². The van der Waals surface area contributed by atoms with Crippen molar-refractivity contribution in [2.24, 2.45) is 0 Å². The van der Waals surface area contributed by atoms with E-state index in [1.165, 1.54) is 9.75 Å². The second kappa shape index (κ2) is 8.16. The fourth-order valence-electron chi connectivity index (χ4n) is 2.01. The molecule has 4 heteroatoms. The first kappa shape index (κ1) is 19.2. The van der Waals surface area contributed by atoms with Gasteiger partial charge >= 0.3 is 6.09 Å². The normalized spacial score (nSPS) is 10.6. The maximum atomic E-state index is 11.9. The number of nitrogens with one attached hydrogen (secondary N) is 1. The quantitative estimate of drug-likeness (QED) is 0.690. The first-order valence-corrected chi connectivity index (χ1v) is 8.73. The standard InChI is InChI=1S/C17H21NO2S.C2H6/c1-11-8-13(15-7-6-12(2)21-15)10-14(9-11)18-16(19)20-17(3,4)5;1-2/h6-10H,1-5H3,(H,18,19);1-2H3. The van der Waals surface area contributed by atoms with Crippen molar-refractivity contribution in [3.8, 4) is 10.4 Å². The molecule has 1 aromatic carbocycles. The van der Waals surface area contributed by atoms with Crippen LogP contribution in [0.5, 0.6) is 0 Å². The number of carbonyl (C=O) groups excluding carboxylic acids is 1. The molecule has 2 rings (SSSR count). The lowest BCUT2D eigenvalue weighted by Gasteiger charge is -2.20. The molecular formula is C19H27NO2S. The number of ether oxygens (including phenoxy) is 1. The zero-order valence-corrected chi connectivity index (χ0v) is 15.9. The lowest BCUT2D eigenvalue weighted by atomic mass is 10.1. The van der Waals surface area contributed by atoms with Gasteiger partial charge < -0.3 is 4.74 Å². The summed E-state index contributed by atoms with van der Waals surface area (Å²) in [5.74, 6) is 0. The molecule has 0 atom stereocenters. The van der Waals surface area contributed by atoms with Crippen molar-refractivity contribution < 1.29 is 9.53 Å². The summed E-state index contributed by atoms with van der Waals surface area (Å²) in [4.78, 5) is 14.3. The van der Waals surface area contributed by atoms with Crippen molar-refractivity contribution in [3.05, 3.63) is 40.8 Å². The molecule has 0 saturated heterocycles. The van der Waals surface area contributed by atoms with Crippen molar-refractivity contribution in [2.75, 3.05) is 5.32 Å². The number of hydrogen-bond acceptors (Lipinski definition) is 3. The van der Waals surface area contributed by atoms with Crippen molar-refractivity contribution in [1.82, 2.24) is 0 Å². The summed E-state index contributed by atoms with van der Waals surface area (Å²) in [6, 6.07) is 10.2. The predicted molar refractivity (Wildman–Crippen MR) is 100 cm³/mol. The minimum atomic E-state index is -0.498. The maximum absolute atomic E-state index is 11.9. The van der Waals surface area contributed by atoms with E-state index in [-0.39, 0.29) is 0 Å². The van der Waals surface area contributed by atoms with E-state index >= 15 is 0 Å². The molecule has 1 amide bonds. The molecule has 0 unspecified atom stereocenters. The summed E-state index contributed by atoms with van der Waals surface area (Å²) >= 11 is 1.74. The Balaban J connectivity index is 0.00000127. The topological polar surface area (TPSA) is 38.3 Å². The summed E-state index contributed by atoms with van der Waals surface area (Å²) in [5.41, 5.74) is 2.47. The molecule has 3 nitrogen and oxygen atoms in total. The van der Waals surface area contributed by atoms with E-state index in [0.717, 1.165) is 16.8 Å². The zero-order chi connectivity index (χ0) is 17.6. The third-order valence-corrected chi connectivity index (χ3v) is 3.80. The van der Waals surface area contributed by atoms with E-state index in [2.05, 4.69) is 30.4 Å². The van der Waals surface area contributed by atoms with Crippen molar-refractivity contribution in [2.45, 2.75) is 54.1 Å². The van der Waals surface area contributed by atoms with Crippen LogP contribution in [0.3, 0.4) is 0 Å². The highest BCUT2D eigenvalue weighted by atomic mass is 32.1. The van der Waals surface area contributed by atoms with Crippen LogP contribution in [-0.2, 0) is 4.74 Å². The van der Waals surface area contributed by atoms with Crippen LogP contribution in [0, 0.1) is 13.8 Å². The lowest BCUT2D eigenvalue weighted by Crippen LogP contribution is -2.27. The van der Waals surface area contributed by atoms with Crippen LogP contribution in [0.4, 0.5) is 10.5 Å². The number of hydrogen-bond donors (Lipinski definition) is 1. The molecule has 0 aliphatic rings. The molecule has 1 heterocycles. The van der Waals surface area contributed by atoms with E-state index < -0.39 is 11.7 Å². The van der Waals surface area contributed by atoms with Crippen molar-refractivity contribution in [1.29, 1.82) is 0 Å². The number of thiophene rings is 1. The Hall–Kier alpha value is -1.81. The minimum Gasteiger partial charge on any atom is -0.444 e. The highest BCUT2D eigenvalue weighted by molar-refractivity contribution is 7.15. The summed E-state index contributed by atoms with van der Waals surface area (Å²) < 4.78 is 5.28. The Bertz CT molecular complexity index is 654. The monoisotopic (exact) mass is 333 g/mol. The first-order valence-electron chi connectivity index (χ1n) is 7.91. The largest absolute Gasteiger partial charge is 0.444 e. The lowest BCUT2D eigenvalue weighted by molar-refractivity contribution is 0.0636. The Morgan fingerprint density at radius 3 is 2.26 bits per heavy atom. The fraction of sp³-hybridized carbons (Fsp3) is 0.421. The number of aryl methyl sites for hydroxylation is 2. The SMILES string of the molecule is CC.Cc1cc(NC(=O)OC(C)(C)C)cc(-c2ccc(C)s2)c1. The zero-order valence-electron chi connectivity index (χ0n) is 15.1. The smallest absolute Gasteiger partial charge is 0.412 e. The molecule has 0 aliphatic heterocycles. The second-order valence-corrected chi connectivity index (χ2v) is 7.41. The summed E-state index contributed by atoms with van der Waals surface area (Å²) in [6.07, 6.45) is -0.429. The van der Waals surface area contributed by atoms with Gasteiger partial charge in [0.05, 0.1) is 0 Å². The van der Waals surface area contributed by atoms with Gasteiger partial charge in [-0.2, -0.15) is 0 Å². The minimum absolute atomic E-state index is 0.429. The second-order valence-electron chi connectivity index (χ2n) is 6.12. The van der Waals surface area contributed by atoms with Gasteiger partial charge in [0.15, 0.2) is 0 Å². The van der Waals surface area contributed by atoms with Gasteiger partial charge in [0.2, 0.25) is 0 Å². The predicted octanol–water partition coefficient (Wildman–Crippen LogP) is 6.41. The molecule has 0 spiro atoms. The van der Waals surface area contributed by atoms with Crippen LogP contribution in [0.25, 0.3) is 10.4 Å². The third kappa shape index (κ3) is 6.45. The van der Waals surface area contributed by atoms with E-state index in [0.29, 0.717) is 0 Å². The van der Waals surface area contributed by atoms with Crippen molar-refractivity contribution >= 4 is 23.1 Å². The van der Waals surface area contributed by atoms with Gasteiger partial charge in [-0.15, -0.1) is 11.3 Å². The number of carbonyl (C=O) groups is 1. The Morgan fingerprint density at radius 2 is 1.74 bits per heavy atom. The van der Waals surface area contributed by atoms with Crippen LogP contribution in [0.15, 0.2) is 30.3 Å². The van der Waals surface area contributed by atoms with Crippen LogP contribution in [0.2, 0.25) is 0 Å². The Labute approximate surface area is 143 Å². The van der Waals surface area contributed by atoms with Gasteiger partial charge in [-0.05, 0) is 70.0 Å². The van der Waals surface area contributed by atoms with E-state index in [1.54, 1.807) is 11.3 Å². The van der Waals surface area contributed by atoms with Crippen molar-refractivity contribution in [3.63, 3.8) is 0 Å². The van der Waals surface area contributed by atoms with Crippen LogP contribution >= 0.6 is 11.3 Å². The van der Waals surface area contributed by atoms with Crippen LogP contribution < -0.4 is 5.32 Å². The van der Waals surface area contributed by atoms with E-state index in [1.807, 2.05) is 53.7 Å². The first-order chi connectivity index (χ1) is 10.7. The molecular weight excluding hydrogens is 306 g/mol. The molecule has 1 N–H and O–H groups in total. The Kier molecular flexibility index (Phi) is 6.82. The summed E-state index contributed by atoms with van der Waals surface area (Å²) in [6.45, 7) is 13.7. The average molecular weight is 333 g/mol. The fourth-order valence-corrected chi connectivity index (χ4v) is 2.86. The number of anilines is 1. The van der Waals surface area contributed by atoms with E-state index in [9.17, 15) is 4.79 Å². The van der Waals surface area contributed by atoms with Gasteiger partial charge in [-0.25, -0.2) is 4.79 Å². The highest BCUT2D eigenvalue weighted by Crippen LogP contribution is 2.30. The van der Waals surface area contributed by atoms with Gasteiger partial charge in [-0.1, -0.05) is 19.9 Å². The molecule has 0 radical (unpaired) electrons. The van der Waals surface area contributed by atoms with Gasteiger partial charge in [-0.3, -0.25) is 5.32 Å². The molecule has 2 aromatic rings. The molecule has 0 bridgehead atoms. The molecule has 0 saturated carbocycles. The third-order valence-electron chi connectivity index (χ3n) is 2.75. The highest BCUT2D eigenvalue weighted by Gasteiger charge is 2.16. The Morgan fingerprint density at radius 1 is 1.09 bits per heavy atom. The molecule has 1 aromatic heterocycles. The average Bonchev–Trinajstić information content (AvgIpc) is 2.85. The molecule has 0 aliphatic carbocycles. The maximum Gasteiger partial charge on any atom is 0.412 e. The molecule has 0 fully saturated rings. The number of benzene rings is 1. The molecule has 23 heavy (non-hydrogen) atoms. The summed E-state index contributed by atoms with van der Waals surface area (Å²) in [5, 5.41) is 2.80. The molecule has 126 valence electrons. The van der Waals surface area contributed by atoms with Gasteiger partial charge in [0.1, 0.15) is 5.60 Å². The number of amides is 1. The van der Waals surface area contributed by atoms with E-state index in [4.69, 9.17) is 4.74 Å². The van der Waals surface area contributed by atoms with Crippen LogP contribution in [0.1, 0.15) is 45.1 Å². The summed E-state index contributed by atoms with van der Waals surface area (Å²) in [7, 11) is 0. The number of rotatable bonds is 2. The van der Waals surface area contributed by atoms with Crippen LogP contribution in [-0.4, -0.2) is 11.7 Å². The van der Waals surface area contributed by atoms with Gasteiger partial charge in [0.25, 0.3) is 0 Å².